The molecule has 0 saturated carbocycles. The number of unbranched alkanes of at least 4 members (excludes halogenated alkanes) is 1. The Kier molecular flexibility index (Phi) is 4.59. The molecule has 1 heterocycles. The number of benzene rings is 1. The minimum absolute atomic E-state index is 0.00222. The third-order valence-electron chi connectivity index (χ3n) is 2.97. The summed E-state index contributed by atoms with van der Waals surface area (Å²) in [4.78, 5) is 3.83. The molecule has 21 heavy (non-hydrogen) atoms. The van der Waals surface area contributed by atoms with E-state index in [0.29, 0.717) is 12.1 Å². The van der Waals surface area contributed by atoms with Gasteiger partial charge in [-0.3, -0.25) is 4.98 Å². The number of aromatic nitrogens is 1. The number of hydrogen-bond donors (Lipinski definition) is 1. The lowest BCUT2D eigenvalue weighted by atomic mass is 10.1. The molecule has 0 amide bonds. The molecule has 1 aromatic carbocycles. The van der Waals surface area contributed by atoms with E-state index in [1.807, 2.05) is 0 Å². The molecular weight excluding hydrogens is 291 g/mol. The number of anilines is 1. The Bertz CT molecular complexity index is 625. The molecule has 2 rings (SSSR count). The van der Waals surface area contributed by atoms with Crippen molar-refractivity contribution in [2.45, 2.75) is 25.4 Å². The van der Waals surface area contributed by atoms with Crippen LogP contribution in [0.25, 0.3) is 10.9 Å². The molecule has 1 N–H and O–H groups in total. The van der Waals surface area contributed by atoms with Gasteiger partial charge < -0.3 is 5.32 Å². The van der Waals surface area contributed by atoms with Crippen LogP contribution in [0.3, 0.4) is 0 Å². The van der Waals surface area contributed by atoms with E-state index in [0.717, 1.165) is 12.1 Å². The molecule has 0 spiro atoms. The zero-order valence-corrected chi connectivity index (χ0v) is 11.0. The van der Waals surface area contributed by atoms with Crippen molar-refractivity contribution in [1.82, 2.24) is 4.98 Å². The van der Waals surface area contributed by atoms with E-state index in [2.05, 4.69) is 10.3 Å². The van der Waals surface area contributed by atoms with Gasteiger partial charge in [-0.15, -0.1) is 0 Å². The summed E-state index contributed by atoms with van der Waals surface area (Å²) < 4.78 is 62.7. The van der Waals surface area contributed by atoms with Crippen molar-refractivity contribution in [3.05, 3.63) is 36.0 Å². The van der Waals surface area contributed by atoms with Crippen LogP contribution in [-0.2, 0) is 0 Å². The second-order valence-electron chi connectivity index (χ2n) is 4.64. The van der Waals surface area contributed by atoms with E-state index in [1.54, 1.807) is 0 Å². The van der Waals surface area contributed by atoms with E-state index in [9.17, 15) is 22.0 Å². The standard InChI is InChI=1S/C14H13F5N2/c15-9-7-10-12(3-6-21-13(10)11(16)8-9)20-5-2-1-4-14(17,18)19/h3,6-8H,1-2,4-5H2,(H,20,21). The van der Waals surface area contributed by atoms with Crippen LogP contribution in [0.15, 0.2) is 24.4 Å². The van der Waals surface area contributed by atoms with Gasteiger partial charge in [0, 0.05) is 36.3 Å². The minimum Gasteiger partial charge on any atom is -0.384 e. The zero-order valence-electron chi connectivity index (χ0n) is 11.0. The van der Waals surface area contributed by atoms with E-state index in [-0.39, 0.29) is 23.9 Å². The van der Waals surface area contributed by atoms with Gasteiger partial charge in [0.25, 0.3) is 0 Å². The molecule has 0 aliphatic heterocycles. The quantitative estimate of drug-likeness (QED) is 0.642. The van der Waals surface area contributed by atoms with Crippen LogP contribution in [0.1, 0.15) is 19.3 Å². The van der Waals surface area contributed by atoms with Crippen molar-refractivity contribution in [2.24, 2.45) is 0 Å². The Morgan fingerprint density at radius 1 is 1.10 bits per heavy atom. The molecule has 0 unspecified atom stereocenters. The van der Waals surface area contributed by atoms with E-state index in [1.165, 1.54) is 12.3 Å². The van der Waals surface area contributed by atoms with Crippen molar-refractivity contribution >= 4 is 16.6 Å². The lowest BCUT2D eigenvalue weighted by Crippen LogP contribution is -2.09. The largest absolute Gasteiger partial charge is 0.389 e. The first kappa shape index (κ1) is 15.5. The molecule has 0 atom stereocenters. The highest BCUT2D eigenvalue weighted by Gasteiger charge is 2.25. The van der Waals surface area contributed by atoms with Crippen LogP contribution >= 0.6 is 0 Å². The highest BCUT2D eigenvalue weighted by molar-refractivity contribution is 5.91. The monoisotopic (exact) mass is 304 g/mol. The molecule has 2 aromatic rings. The summed E-state index contributed by atoms with van der Waals surface area (Å²) in [6, 6.07) is 3.41. The lowest BCUT2D eigenvalue weighted by molar-refractivity contribution is -0.135. The van der Waals surface area contributed by atoms with Crippen LogP contribution in [0.5, 0.6) is 0 Å². The summed E-state index contributed by atoms with van der Waals surface area (Å²) in [5, 5.41) is 3.16. The number of alkyl halides is 3. The van der Waals surface area contributed by atoms with Crippen LogP contribution in [0.2, 0.25) is 0 Å². The lowest BCUT2D eigenvalue weighted by Gasteiger charge is -2.10. The molecule has 1 aromatic heterocycles. The molecule has 2 nitrogen and oxygen atoms in total. The fourth-order valence-corrected chi connectivity index (χ4v) is 2.01. The van der Waals surface area contributed by atoms with Gasteiger partial charge in [0.2, 0.25) is 0 Å². The zero-order chi connectivity index (χ0) is 15.5. The summed E-state index contributed by atoms with van der Waals surface area (Å²) >= 11 is 0. The Morgan fingerprint density at radius 2 is 1.86 bits per heavy atom. The summed E-state index contributed by atoms with van der Waals surface area (Å²) in [6.07, 6.45) is -3.32. The van der Waals surface area contributed by atoms with Gasteiger partial charge in [-0.05, 0) is 25.0 Å². The molecule has 0 aliphatic rings. The topological polar surface area (TPSA) is 24.9 Å². The molecule has 0 aliphatic carbocycles. The fraction of sp³-hybridized carbons (Fsp3) is 0.357. The molecule has 114 valence electrons. The summed E-state index contributed by atoms with van der Waals surface area (Å²) in [6.45, 7) is 0.285. The van der Waals surface area contributed by atoms with E-state index < -0.39 is 24.2 Å². The Hall–Kier alpha value is -1.92. The Labute approximate surface area is 118 Å². The van der Waals surface area contributed by atoms with E-state index >= 15 is 0 Å². The van der Waals surface area contributed by atoms with E-state index in [4.69, 9.17) is 0 Å². The summed E-state index contributed by atoms with van der Waals surface area (Å²) in [7, 11) is 0. The molecule has 0 bridgehead atoms. The van der Waals surface area contributed by atoms with Crippen molar-refractivity contribution in [3.8, 4) is 0 Å². The maximum absolute atomic E-state index is 13.5. The summed E-state index contributed by atoms with van der Waals surface area (Å²) in [5.74, 6) is -1.50. The van der Waals surface area contributed by atoms with Gasteiger partial charge in [0.1, 0.15) is 11.3 Å². The number of nitrogens with one attached hydrogen (secondary N) is 1. The number of fused-ring (bicyclic) bond motifs is 1. The van der Waals surface area contributed by atoms with Gasteiger partial charge >= 0.3 is 6.18 Å². The third kappa shape index (κ3) is 4.27. The minimum atomic E-state index is -4.16. The van der Waals surface area contributed by atoms with Crippen molar-refractivity contribution in [2.75, 3.05) is 11.9 Å². The predicted molar refractivity (Wildman–Crippen MR) is 70.1 cm³/mol. The normalized spacial score (nSPS) is 11.9. The maximum atomic E-state index is 13.5. The molecule has 0 radical (unpaired) electrons. The SMILES string of the molecule is Fc1cc(F)c2nccc(NCCCCC(F)(F)F)c2c1. The van der Waals surface area contributed by atoms with Crippen LogP contribution in [-0.4, -0.2) is 17.7 Å². The van der Waals surface area contributed by atoms with Gasteiger partial charge in [-0.2, -0.15) is 13.2 Å². The molecular formula is C14H13F5N2. The second kappa shape index (κ2) is 6.24. The molecule has 7 heteroatoms. The first-order chi connectivity index (χ1) is 9.87. The van der Waals surface area contributed by atoms with Crippen molar-refractivity contribution in [1.29, 1.82) is 0 Å². The second-order valence-corrected chi connectivity index (χ2v) is 4.64. The van der Waals surface area contributed by atoms with Crippen LogP contribution < -0.4 is 5.32 Å². The van der Waals surface area contributed by atoms with Crippen LogP contribution in [0, 0.1) is 11.6 Å². The van der Waals surface area contributed by atoms with Crippen LogP contribution in [0.4, 0.5) is 27.6 Å². The smallest absolute Gasteiger partial charge is 0.384 e. The molecule has 0 saturated heterocycles. The number of hydrogen-bond acceptors (Lipinski definition) is 2. The number of nitrogens with zero attached hydrogens (tertiary/aromatic N) is 1. The Morgan fingerprint density at radius 3 is 2.57 bits per heavy atom. The van der Waals surface area contributed by atoms with Crippen molar-refractivity contribution in [3.63, 3.8) is 0 Å². The number of pyridine rings is 1. The van der Waals surface area contributed by atoms with Crippen molar-refractivity contribution < 1.29 is 22.0 Å². The number of halogens is 5. The highest BCUT2D eigenvalue weighted by Crippen LogP contribution is 2.25. The van der Waals surface area contributed by atoms with Gasteiger partial charge in [0.05, 0.1) is 0 Å². The highest BCUT2D eigenvalue weighted by atomic mass is 19.4. The average Bonchev–Trinajstić information content (AvgIpc) is 2.37. The van der Waals surface area contributed by atoms with Gasteiger partial charge in [0.15, 0.2) is 5.82 Å². The number of rotatable bonds is 5. The van der Waals surface area contributed by atoms with Gasteiger partial charge in [-0.1, -0.05) is 0 Å². The first-order valence-corrected chi connectivity index (χ1v) is 6.41. The third-order valence-corrected chi connectivity index (χ3v) is 2.97. The van der Waals surface area contributed by atoms with Gasteiger partial charge in [-0.25, -0.2) is 8.78 Å². The maximum Gasteiger partial charge on any atom is 0.389 e. The average molecular weight is 304 g/mol. The first-order valence-electron chi connectivity index (χ1n) is 6.41. The predicted octanol–water partition coefficient (Wildman–Crippen LogP) is 4.66. The Balaban J connectivity index is 2.02. The fourth-order valence-electron chi connectivity index (χ4n) is 2.01. The molecule has 0 fully saturated rings. The summed E-state index contributed by atoms with van der Waals surface area (Å²) in [5.41, 5.74) is 0.474.